The van der Waals surface area contributed by atoms with Crippen LogP contribution in [0.5, 0.6) is 0 Å². The van der Waals surface area contributed by atoms with Crippen LogP contribution in [0.3, 0.4) is 0 Å². The molecule has 0 bridgehead atoms. The molecule has 0 saturated heterocycles. The van der Waals surface area contributed by atoms with Gasteiger partial charge >= 0.3 is 0 Å². The standard InChI is InChI=1S/C24H21ClN4O3/c1-15-11-12-18(13-17-9-5-6-10-20(17)25)21-26-14-19(24(32)29(15)21)23(31)28-27-22(30)16-7-3-2-4-8-16/h2-10,13-15H,11-12H2,1H3,(H,27,30)(H,28,31)/b18-13-. The van der Waals surface area contributed by atoms with Crippen LogP contribution in [0.1, 0.15) is 57.9 Å². The molecule has 1 aromatic heterocycles. The van der Waals surface area contributed by atoms with Crippen molar-refractivity contribution in [3.63, 3.8) is 0 Å². The third-order valence-electron chi connectivity index (χ3n) is 5.36. The summed E-state index contributed by atoms with van der Waals surface area (Å²) in [6, 6.07) is 15.8. The fourth-order valence-corrected chi connectivity index (χ4v) is 3.83. The summed E-state index contributed by atoms with van der Waals surface area (Å²) in [5, 5.41) is 0.609. The quantitative estimate of drug-likeness (QED) is 0.595. The zero-order valence-electron chi connectivity index (χ0n) is 17.3. The minimum atomic E-state index is -0.725. The number of halogens is 1. The first kappa shape index (κ1) is 21.5. The Balaban J connectivity index is 1.61. The number of nitrogens with zero attached hydrogens (tertiary/aromatic N) is 2. The third kappa shape index (κ3) is 4.33. The number of hydrogen-bond acceptors (Lipinski definition) is 4. The second-order valence-electron chi connectivity index (χ2n) is 7.52. The van der Waals surface area contributed by atoms with Gasteiger partial charge in [-0.25, -0.2) is 4.98 Å². The molecule has 1 aliphatic rings. The molecular formula is C24H21ClN4O3. The number of hydrazine groups is 1. The summed E-state index contributed by atoms with van der Waals surface area (Å²) in [4.78, 5) is 42.3. The van der Waals surface area contributed by atoms with E-state index >= 15 is 0 Å². The Labute approximate surface area is 189 Å². The zero-order chi connectivity index (χ0) is 22.7. The predicted octanol–water partition coefficient (Wildman–Crippen LogP) is 3.87. The zero-order valence-corrected chi connectivity index (χ0v) is 18.1. The molecule has 3 aromatic rings. The van der Waals surface area contributed by atoms with Crippen molar-refractivity contribution >= 4 is 35.1 Å². The molecule has 0 saturated carbocycles. The van der Waals surface area contributed by atoms with Crippen LogP contribution in [0.15, 0.2) is 65.6 Å². The molecule has 7 nitrogen and oxygen atoms in total. The van der Waals surface area contributed by atoms with Crippen LogP contribution >= 0.6 is 11.6 Å². The summed E-state index contributed by atoms with van der Waals surface area (Å²) >= 11 is 6.28. The van der Waals surface area contributed by atoms with Crippen molar-refractivity contribution in [3.05, 3.63) is 98.7 Å². The minimum absolute atomic E-state index is 0.125. The lowest BCUT2D eigenvalue weighted by atomic mass is 9.97. The van der Waals surface area contributed by atoms with Crippen LogP contribution in [0.4, 0.5) is 0 Å². The van der Waals surface area contributed by atoms with Crippen LogP contribution in [0.25, 0.3) is 11.6 Å². The number of carbonyl (C=O) groups is 2. The summed E-state index contributed by atoms with van der Waals surface area (Å²) in [5.41, 5.74) is 6.11. The third-order valence-corrected chi connectivity index (χ3v) is 5.70. The van der Waals surface area contributed by atoms with Gasteiger partial charge < -0.3 is 0 Å². The Morgan fingerprint density at radius 3 is 2.50 bits per heavy atom. The predicted molar refractivity (Wildman–Crippen MR) is 123 cm³/mol. The van der Waals surface area contributed by atoms with Gasteiger partial charge in [0.05, 0.1) is 0 Å². The normalized spacial score (nSPS) is 16.3. The maximum atomic E-state index is 13.1. The molecule has 32 heavy (non-hydrogen) atoms. The van der Waals surface area contributed by atoms with Crippen LogP contribution in [0, 0.1) is 0 Å². The smallest absolute Gasteiger partial charge is 0.276 e. The molecule has 8 heteroatoms. The molecule has 2 aromatic carbocycles. The van der Waals surface area contributed by atoms with Crippen molar-refractivity contribution < 1.29 is 9.59 Å². The molecule has 0 radical (unpaired) electrons. The highest BCUT2D eigenvalue weighted by atomic mass is 35.5. The van der Waals surface area contributed by atoms with E-state index in [1.807, 2.05) is 31.2 Å². The average molecular weight is 449 g/mol. The van der Waals surface area contributed by atoms with Gasteiger partial charge in [0.1, 0.15) is 11.4 Å². The lowest BCUT2D eigenvalue weighted by Crippen LogP contribution is -2.45. The number of allylic oxidation sites excluding steroid dienone is 1. The lowest BCUT2D eigenvalue weighted by molar-refractivity contribution is 0.0845. The molecule has 1 atom stereocenters. The first-order valence-electron chi connectivity index (χ1n) is 10.2. The molecule has 162 valence electrons. The molecular weight excluding hydrogens is 428 g/mol. The van der Waals surface area contributed by atoms with Gasteiger partial charge in [-0.3, -0.25) is 29.8 Å². The monoisotopic (exact) mass is 448 g/mol. The fraction of sp³-hybridized carbons (Fsp3) is 0.167. The maximum Gasteiger partial charge on any atom is 0.276 e. The highest BCUT2D eigenvalue weighted by molar-refractivity contribution is 6.32. The topological polar surface area (TPSA) is 93.1 Å². The van der Waals surface area contributed by atoms with E-state index < -0.39 is 17.4 Å². The van der Waals surface area contributed by atoms with Crippen LogP contribution < -0.4 is 16.4 Å². The summed E-state index contributed by atoms with van der Waals surface area (Å²) in [5.74, 6) is -0.696. The minimum Gasteiger partial charge on any atom is -0.289 e. The highest BCUT2D eigenvalue weighted by Gasteiger charge is 2.25. The van der Waals surface area contributed by atoms with Crippen molar-refractivity contribution in [3.8, 4) is 0 Å². The maximum absolute atomic E-state index is 13.1. The molecule has 0 spiro atoms. The SMILES string of the molecule is CC1CC/C(=C/c2ccccc2Cl)c2ncc(C(=O)NNC(=O)c3ccccc3)c(=O)n21. The Morgan fingerprint density at radius 1 is 1.06 bits per heavy atom. The van der Waals surface area contributed by atoms with E-state index in [4.69, 9.17) is 11.6 Å². The van der Waals surface area contributed by atoms with Gasteiger partial charge in [0.15, 0.2) is 0 Å². The van der Waals surface area contributed by atoms with Gasteiger partial charge in [-0.15, -0.1) is 0 Å². The van der Waals surface area contributed by atoms with Gasteiger partial charge in [0.2, 0.25) is 0 Å². The van der Waals surface area contributed by atoms with Crippen molar-refractivity contribution in [1.82, 2.24) is 20.4 Å². The number of benzene rings is 2. The van der Waals surface area contributed by atoms with E-state index in [9.17, 15) is 14.4 Å². The first-order valence-corrected chi connectivity index (χ1v) is 10.6. The first-order chi connectivity index (χ1) is 15.5. The molecule has 1 unspecified atom stereocenters. The van der Waals surface area contributed by atoms with Crippen molar-refractivity contribution in [2.75, 3.05) is 0 Å². The van der Waals surface area contributed by atoms with E-state index in [1.54, 1.807) is 36.4 Å². The van der Waals surface area contributed by atoms with Crippen LogP contribution in [0.2, 0.25) is 5.02 Å². The second-order valence-corrected chi connectivity index (χ2v) is 7.93. The number of carbonyl (C=O) groups excluding carboxylic acids is 2. The summed E-state index contributed by atoms with van der Waals surface area (Å²) < 4.78 is 1.53. The second kappa shape index (κ2) is 9.20. The number of amides is 2. The number of rotatable bonds is 3. The number of fused-ring (bicyclic) bond motifs is 1. The lowest BCUT2D eigenvalue weighted by Gasteiger charge is -2.26. The van der Waals surface area contributed by atoms with Gasteiger partial charge in [-0.1, -0.05) is 48.0 Å². The molecule has 0 fully saturated rings. The average Bonchev–Trinajstić information content (AvgIpc) is 2.81. The largest absolute Gasteiger partial charge is 0.289 e. The van der Waals surface area contributed by atoms with Crippen LogP contribution in [-0.4, -0.2) is 21.4 Å². The van der Waals surface area contributed by atoms with Crippen molar-refractivity contribution in [2.24, 2.45) is 0 Å². The van der Waals surface area contributed by atoms with E-state index in [0.717, 1.165) is 24.0 Å². The van der Waals surface area contributed by atoms with E-state index in [-0.39, 0.29) is 11.6 Å². The number of aromatic nitrogens is 2. The van der Waals surface area contributed by atoms with Crippen LogP contribution in [-0.2, 0) is 0 Å². The molecule has 4 rings (SSSR count). The Hall–Kier alpha value is -3.71. The molecule has 2 N–H and O–H groups in total. The molecule has 0 aliphatic carbocycles. The Kier molecular flexibility index (Phi) is 6.18. The molecule has 1 aliphatic heterocycles. The number of hydrogen-bond donors (Lipinski definition) is 2. The summed E-state index contributed by atoms with van der Waals surface area (Å²) in [7, 11) is 0. The fourth-order valence-electron chi connectivity index (χ4n) is 3.64. The Morgan fingerprint density at radius 2 is 1.75 bits per heavy atom. The van der Waals surface area contributed by atoms with E-state index in [0.29, 0.717) is 16.4 Å². The molecule has 2 heterocycles. The van der Waals surface area contributed by atoms with Gasteiger partial charge in [-0.05, 0) is 55.2 Å². The van der Waals surface area contributed by atoms with Crippen molar-refractivity contribution in [1.29, 1.82) is 0 Å². The van der Waals surface area contributed by atoms with Crippen molar-refractivity contribution in [2.45, 2.75) is 25.8 Å². The summed E-state index contributed by atoms with van der Waals surface area (Å²) in [6.07, 6.45) is 4.63. The Bertz CT molecular complexity index is 1270. The number of nitrogens with one attached hydrogen (secondary N) is 2. The highest BCUT2D eigenvalue weighted by Crippen LogP contribution is 2.32. The van der Waals surface area contributed by atoms with Gasteiger partial charge in [0, 0.05) is 22.8 Å². The van der Waals surface area contributed by atoms with Gasteiger partial charge in [-0.2, -0.15) is 0 Å². The molecule has 2 amide bonds. The summed E-state index contributed by atoms with van der Waals surface area (Å²) in [6.45, 7) is 1.91. The van der Waals surface area contributed by atoms with E-state index in [2.05, 4.69) is 15.8 Å². The van der Waals surface area contributed by atoms with Gasteiger partial charge in [0.25, 0.3) is 17.4 Å². The van der Waals surface area contributed by atoms with E-state index in [1.165, 1.54) is 10.8 Å².